The molecule has 1 aliphatic heterocycles. The number of hydrogen-bond acceptors (Lipinski definition) is 8. The Morgan fingerprint density at radius 2 is 1.91 bits per heavy atom. The van der Waals surface area contributed by atoms with Crippen LogP contribution in [0.15, 0.2) is 24.7 Å². The van der Waals surface area contributed by atoms with Crippen molar-refractivity contribution in [3.8, 4) is 0 Å². The molecule has 0 spiro atoms. The molecular weight excluding hydrogens is 439 g/mol. The van der Waals surface area contributed by atoms with Gasteiger partial charge in [0.2, 0.25) is 11.8 Å². The minimum atomic E-state index is -4.52. The lowest BCUT2D eigenvalue weighted by atomic mass is 9.84. The van der Waals surface area contributed by atoms with Gasteiger partial charge in [0.25, 0.3) is 0 Å². The molecule has 178 valence electrons. The summed E-state index contributed by atoms with van der Waals surface area (Å²) in [6.45, 7) is 2.69. The molecule has 33 heavy (non-hydrogen) atoms. The number of anilines is 2. The van der Waals surface area contributed by atoms with Crippen LogP contribution in [0, 0.1) is 16.0 Å². The Balaban J connectivity index is 1.38. The summed E-state index contributed by atoms with van der Waals surface area (Å²) in [5.41, 5.74) is -1.15. The van der Waals surface area contributed by atoms with E-state index in [1.54, 1.807) is 0 Å². The quantitative estimate of drug-likeness (QED) is 0.443. The molecule has 2 aromatic heterocycles. The number of nitro groups is 1. The molecule has 4 rings (SSSR count). The molecule has 2 aliphatic rings. The molecule has 0 unspecified atom stereocenters. The monoisotopic (exact) mass is 465 g/mol. The predicted octanol–water partition coefficient (Wildman–Crippen LogP) is 4.09. The molecule has 0 bridgehead atoms. The van der Waals surface area contributed by atoms with Crippen molar-refractivity contribution < 1.29 is 18.1 Å². The van der Waals surface area contributed by atoms with Crippen LogP contribution in [0.3, 0.4) is 0 Å². The third kappa shape index (κ3) is 5.67. The second kappa shape index (κ2) is 9.86. The summed E-state index contributed by atoms with van der Waals surface area (Å²) in [4.78, 5) is 25.2. The average molecular weight is 465 g/mol. The van der Waals surface area contributed by atoms with E-state index in [1.165, 1.54) is 19.5 Å². The standard InChI is InChI=1S/C21H26F3N7O2/c22-21(23,24)17-6-7-25-11-15(17)12-27-20-28-13-18(31(32)33)19(29-20)26-10-14-2-4-16(5-3-14)30-8-1-9-30/h6-7,11,13-14,16H,1-5,8-10,12H2,(H2,26,27,28,29). The van der Waals surface area contributed by atoms with Gasteiger partial charge in [-0.25, -0.2) is 4.98 Å². The summed E-state index contributed by atoms with van der Waals surface area (Å²) in [6.07, 6.45) is 4.34. The second-order valence-electron chi connectivity index (χ2n) is 8.51. The van der Waals surface area contributed by atoms with E-state index in [4.69, 9.17) is 0 Å². The molecule has 2 N–H and O–H groups in total. The predicted molar refractivity (Wildman–Crippen MR) is 116 cm³/mol. The smallest absolute Gasteiger partial charge is 0.364 e. The Morgan fingerprint density at radius 1 is 1.15 bits per heavy atom. The molecule has 0 atom stereocenters. The molecule has 1 saturated heterocycles. The number of pyridine rings is 1. The Kier molecular flexibility index (Phi) is 6.91. The normalized spacial score (nSPS) is 21.3. The van der Waals surface area contributed by atoms with Gasteiger partial charge in [-0.1, -0.05) is 0 Å². The zero-order chi connectivity index (χ0) is 23.4. The van der Waals surface area contributed by atoms with E-state index in [0.717, 1.165) is 50.3 Å². The zero-order valence-electron chi connectivity index (χ0n) is 18.0. The SMILES string of the molecule is O=[N+]([O-])c1cnc(NCc2cnccc2C(F)(F)F)nc1NCC1CCC(N2CCC2)CC1. The second-order valence-corrected chi connectivity index (χ2v) is 8.51. The molecule has 2 aromatic rings. The van der Waals surface area contributed by atoms with Crippen molar-refractivity contribution in [1.82, 2.24) is 19.9 Å². The number of nitrogens with zero attached hydrogens (tertiary/aromatic N) is 5. The highest BCUT2D eigenvalue weighted by Crippen LogP contribution is 2.33. The molecule has 1 saturated carbocycles. The molecule has 2 fully saturated rings. The molecule has 0 radical (unpaired) electrons. The third-order valence-electron chi connectivity index (χ3n) is 6.39. The average Bonchev–Trinajstić information content (AvgIpc) is 2.75. The molecule has 0 amide bonds. The summed E-state index contributed by atoms with van der Waals surface area (Å²) in [5, 5.41) is 17.2. The Morgan fingerprint density at radius 3 is 2.55 bits per heavy atom. The number of likely N-dealkylation sites (tertiary alicyclic amines) is 1. The maximum atomic E-state index is 13.2. The van der Waals surface area contributed by atoms with Crippen LogP contribution in [0.1, 0.15) is 43.2 Å². The van der Waals surface area contributed by atoms with E-state index < -0.39 is 16.7 Å². The number of hydrogen-bond donors (Lipinski definition) is 2. The fraction of sp³-hybridized carbons (Fsp3) is 0.571. The van der Waals surface area contributed by atoms with Crippen LogP contribution in [0.4, 0.5) is 30.6 Å². The fourth-order valence-corrected chi connectivity index (χ4v) is 4.40. The van der Waals surface area contributed by atoms with Gasteiger partial charge in [0, 0.05) is 37.1 Å². The maximum absolute atomic E-state index is 13.2. The summed E-state index contributed by atoms with van der Waals surface area (Å²) in [6, 6.07) is 1.55. The fourth-order valence-electron chi connectivity index (χ4n) is 4.40. The number of alkyl halides is 3. The van der Waals surface area contributed by atoms with Crippen LogP contribution in [0.25, 0.3) is 0 Å². The van der Waals surface area contributed by atoms with Gasteiger partial charge < -0.3 is 15.5 Å². The van der Waals surface area contributed by atoms with Crippen LogP contribution in [0.2, 0.25) is 0 Å². The van der Waals surface area contributed by atoms with E-state index in [9.17, 15) is 23.3 Å². The van der Waals surface area contributed by atoms with Crippen molar-refractivity contribution in [1.29, 1.82) is 0 Å². The minimum absolute atomic E-state index is 0.00145. The van der Waals surface area contributed by atoms with Crippen LogP contribution in [-0.2, 0) is 12.7 Å². The Hall–Kier alpha value is -3.02. The van der Waals surface area contributed by atoms with Gasteiger partial charge in [-0.15, -0.1) is 0 Å². The zero-order valence-corrected chi connectivity index (χ0v) is 18.0. The first-order chi connectivity index (χ1) is 15.8. The maximum Gasteiger partial charge on any atom is 0.416 e. The van der Waals surface area contributed by atoms with Crippen molar-refractivity contribution in [2.45, 2.75) is 50.9 Å². The van der Waals surface area contributed by atoms with Crippen LogP contribution < -0.4 is 10.6 Å². The van der Waals surface area contributed by atoms with Gasteiger partial charge in [-0.3, -0.25) is 15.1 Å². The van der Waals surface area contributed by atoms with Gasteiger partial charge in [-0.05, 0) is 57.2 Å². The lowest BCUT2D eigenvalue weighted by Gasteiger charge is -2.42. The van der Waals surface area contributed by atoms with Gasteiger partial charge in [-0.2, -0.15) is 18.2 Å². The van der Waals surface area contributed by atoms with E-state index in [1.807, 2.05) is 0 Å². The first kappa shape index (κ1) is 23.1. The van der Waals surface area contributed by atoms with Crippen LogP contribution in [-0.4, -0.2) is 50.5 Å². The van der Waals surface area contributed by atoms with Crippen LogP contribution >= 0.6 is 0 Å². The highest BCUT2D eigenvalue weighted by Gasteiger charge is 2.33. The molecule has 3 heterocycles. The lowest BCUT2D eigenvalue weighted by molar-refractivity contribution is -0.384. The van der Waals surface area contributed by atoms with Gasteiger partial charge in [0.1, 0.15) is 6.20 Å². The van der Waals surface area contributed by atoms with Crippen molar-refractivity contribution in [3.05, 3.63) is 45.9 Å². The lowest BCUT2D eigenvalue weighted by Crippen LogP contribution is -2.46. The molecule has 0 aromatic carbocycles. The minimum Gasteiger partial charge on any atom is -0.364 e. The molecule has 9 nitrogen and oxygen atoms in total. The van der Waals surface area contributed by atoms with Gasteiger partial charge >= 0.3 is 11.9 Å². The van der Waals surface area contributed by atoms with Crippen molar-refractivity contribution in [3.63, 3.8) is 0 Å². The highest BCUT2D eigenvalue weighted by atomic mass is 19.4. The first-order valence-corrected chi connectivity index (χ1v) is 11.0. The number of rotatable bonds is 8. The number of nitrogens with one attached hydrogen (secondary N) is 2. The van der Waals surface area contributed by atoms with E-state index in [0.29, 0.717) is 18.5 Å². The van der Waals surface area contributed by atoms with Crippen molar-refractivity contribution in [2.24, 2.45) is 5.92 Å². The number of halogens is 3. The molecular formula is C21H26F3N7O2. The van der Waals surface area contributed by atoms with Crippen molar-refractivity contribution >= 4 is 17.5 Å². The Bertz CT molecular complexity index is 977. The van der Waals surface area contributed by atoms with Gasteiger partial charge in [0.15, 0.2) is 0 Å². The van der Waals surface area contributed by atoms with E-state index in [2.05, 4.69) is 30.5 Å². The number of aromatic nitrogens is 3. The van der Waals surface area contributed by atoms with Crippen molar-refractivity contribution in [2.75, 3.05) is 30.3 Å². The van der Waals surface area contributed by atoms with Gasteiger partial charge in [0.05, 0.1) is 10.5 Å². The Labute approximate surface area is 189 Å². The van der Waals surface area contributed by atoms with E-state index >= 15 is 0 Å². The largest absolute Gasteiger partial charge is 0.416 e. The van der Waals surface area contributed by atoms with E-state index in [-0.39, 0.29) is 29.6 Å². The molecule has 1 aliphatic carbocycles. The topological polar surface area (TPSA) is 109 Å². The summed E-state index contributed by atoms with van der Waals surface area (Å²) < 4.78 is 39.5. The third-order valence-corrected chi connectivity index (χ3v) is 6.39. The summed E-state index contributed by atoms with van der Waals surface area (Å²) >= 11 is 0. The summed E-state index contributed by atoms with van der Waals surface area (Å²) in [5.74, 6) is 0.449. The first-order valence-electron chi connectivity index (χ1n) is 11.0. The molecule has 12 heteroatoms. The van der Waals surface area contributed by atoms with Crippen LogP contribution in [0.5, 0.6) is 0 Å². The summed E-state index contributed by atoms with van der Waals surface area (Å²) in [7, 11) is 0. The highest BCUT2D eigenvalue weighted by molar-refractivity contribution is 5.57.